The maximum atomic E-state index is 12.5. The summed E-state index contributed by atoms with van der Waals surface area (Å²) in [5.41, 5.74) is 6.68. The number of benzene rings is 1. The number of amides is 1. The van der Waals surface area contributed by atoms with E-state index >= 15 is 0 Å². The van der Waals surface area contributed by atoms with Gasteiger partial charge in [-0.15, -0.1) is 0 Å². The van der Waals surface area contributed by atoms with E-state index in [1.165, 1.54) is 0 Å². The molecule has 0 aliphatic heterocycles. The van der Waals surface area contributed by atoms with Crippen molar-refractivity contribution in [3.63, 3.8) is 0 Å². The topological polar surface area (TPSA) is 55.1 Å². The predicted octanol–water partition coefficient (Wildman–Crippen LogP) is 3.37. The summed E-state index contributed by atoms with van der Waals surface area (Å²) in [5.74, 6) is -0.201. The number of hydrogen-bond acceptors (Lipinski definition) is 2. The van der Waals surface area contributed by atoms with Gasteiger partial charge in [0.2, 0.25) is 0 Å². The number of nitrogens with one attached hydrogen (secondary N) is 1. The van der Waals surface area contributed by atoms with E-state index in [9.17, 15) is 4.79 Å². The van der Waals surface area contributed by atoms with Gasteiger partial charge in [-0.25, -0.2) is 0 Å². The lowest BCUT2D eigenvalue weighted by Crippen LogP contribution is -2.57. The number of halogens is 1. The highest BCUT2D eigenvalue weighted by Crippen LogP contribution is 2.30. The first kappa shape index (κ1) is 15.3. The van der Waals surface area contributed by atoms with Crippen molar-refractivity contribution in [3.8, 4) is 0 Å². The number of hydrogen-bond donors (Lipinski definition) is 2. The minimum atomic E-state index is -0.558. The van der Waals surface area contributed by atoms with Crippen molar-refractivity contribution >= 4 is 34.7 Å². The van der Waals surface area contributed by atoms with Crippen LogP contribution in [0.15, 0.2) is 18.2 Å². The zero-order chi connectivity index (χ0) is 14.8. The van der Waals surface area contributed by atoms with Gasteiger partial charge in [0.1, 0.15) is 0 Å². The quantitative estimate of drug-likeness (QED) is 0.842. The molecule has 0 heterocycles. The van der Waals surface area contributed by atoms with Crippen molar-refractivity contribution in [2.24, 2.45) is 5.73 Å². The highest BCUT2D eigenvalue weighted by Gasteiger charge is 2.37. The van der Waals surface area contributed by atoms with Crippen LogP contribution in [0.3, 0.4) is 0 Å². The fourth-order valence-corrected chi connectivity index (χ4v) is 3.16. The lowest BCUT2D eigenvalue weighted by atomic mass is 9.81. The number of nitrogens with two attached hydrogens (primary N) is 1. The fourth-order valence-electron chi connectivity index (χ4n) is 2.70. The molecule has 1 aliphatic rings. The van der Waals surface area contributed by atoms with E-state index < -0.39 is 5.54 Å². The number of aryl methyl sites for hydroxylation is 1. The summed E-state index contributed by atoms with van der Waals surface area (Å²) in [6.45, 7) is 1.88. The minimum absolute atomic E-state index is 0.201. The van der Waals surface area contributed by atoms with Crippen LogP contribution in [-0.4, -0.2) is 16.4 Å². The van der Waals surface area contributed by atoms with Crippen molar-refractivity contribution in [3.05, 3.63) is 34.3 Å². The maximum absolute atomic E-state index is 12.5. The smallest absolute Gasteiger partial charge is 0.253 e. The number of rotatable bonds is 3. The highest BCUT2D eigenvalue weighted by atomic mass is 35.5. The Morgan fingerprint density at radius 1 is 1.35 bits per heavy atom. The van der Waals surface area contributed by atoms with Crippen molar-refractivity contribution in [2.75, 3.05) is 0 Å². The standard InChI is InChI=1S/C15H19ClN2OS/c1-10-6-5-7-11(12(10)16)13(19)18-15(14(17)20)8-3-2-4-9-15/h5-7H,2-4,8-9H2,1H3,(H2,17,20)(H,18,19). The fraction of sp³-hybridized carbons (Fsp3) is 0.467. The molecule has 20 heavy (non-hydrogen) atoms. The second kappa shape index (κ2) is 6.10. The molecule has 0 unspecified atom stereocenters. The molecule has 2 rings (SSSR count). The molecule has 1 fully saturated rings. The zero-order valence-electron chi connectivity index (χ0n) is 11.5. The molecule has 1 aliphatic carbocycles. The molecular formula is C15H19ClN2OS. The highest BCUT2D eigenvalue weighted by molar-refractivity contribution is 7.80. The summed E-state index contributed by atoms with van der Waals surface area (Å²) in [5, 5.41) is 3.51. The van der Waals surface area contributed by atoms with Crippen LogP contribution in [-0.2, 0) is 0 Å². The monoisotopic (exact) mass is 310 g/mol. The molecule has 0 aromatic heterocycles. The first-order chi connectivity index (χ1) is 9.46. The van der Waals surface area contributed by atoms with Gasteiger partial charge < -0.3 is 11.1 Å². The molecule has 0 atom stereocenters. The van der Waals surface area contributed by atoms with Gasteiger partial charge in [-0.1, -0.05) is 55.2 Å². The van der Waals surface area contributed by atoms with Crippen LogP contribution in [0.5, 0.6) is 0 Å². The summed E-state index contributed by atoms with van der Waals surface area (Å²) < 4.78 is 0. The van der Waals surface area contributed by atoms with Crippen molar-refractivity contribution in [1.29, 1.82) is 0 Å². The van der Waals surface area contributed by atoms with Gasteiger partial charge in [0.25, 0.3) is 5.91 Å². The number of carbonyl (C=O) groups is 1. The van der Waals surface area contributed by atoms with Crippen molar-refractivity contribution in [2.45, 2.75) is 44.6 Å². The molecule has 5 heteroatoms. The van der Waals surface area contributed by atoms with Crippen molar-refractivity contribution < 1.29 is 4.79 Å². The first-order valence-electron chi connectivity index (χ1n) is 6.84. The maximum Gasteiger partial charge on any atom is 0.253 e. The third-order valence-electron chi connectivity index (χ3n) is 3.97. The predicted molar refractivity (Wildman–Crippen MR) is 86.3 cm³/mol. The summed E-state index contributed by atoms with van der Waals surface area (Å²) >= 11 is 11.4. The Hall–Kier alpha value is -1.13. The van der Waals surface area contributed by atoms with Crippen LogP contribution in [0.25, 0.3) is 0 Å². The third kappa shape index (κ3) is 2.96. The normalized spacial score (nSPS) is 17.5. The van der Waals surface area contributed by atoms with E-state index in [0.717, 1.165) is 37.7 Å². The minimum Gasteiger partial charge on any atom is -0.391 e. The molecule has 1 aromatic rings. The Morgan fingerprint density at radius 3 is 2.60 bits per heavy atom. The van der Waals surface area contributed by atoms with E-state index in [4.69, 9.17) is 29.6 Å². The Bertz CT molecular complexity index is 539. The Balaban J connectivity index is 2.25. The van der Waals surface area contributed by atoms with Gasteiger partial charge in [-0.3, -0.25) is 4.79 Å². The molecule has 0 bridgehead atoms. The van der Waals surface area contributed by atoms with Crippen LogP contribution in [0.4, 0.5) is 0 Å². The van der Waals surface area contributed by atoms with Crippen LogP contribution in [0.1, 0.15) is 48.0 Å². The lowest BCUT2D eigenvalue weighted by Gasteiger charge is -2.37. The van der Waals surface area contributed by atoms with Crippen LogP contribution in [0.2, 0.25) is 5.02 Å². The molecule has 1 saturated carbocycles. The summed E-state index contributed by atoms with van der Waals surface area (Å²) in [7, 11) is 0. The van der Waals surface area contributed by atoms with E-state index in [1.54, 1.807) is 6.07 Å². The zero-order valence-corrected chi connectivity index (χ0v) is 13.1. The Morgan fingerprint density at radius 2 is 2.00 bits per heavy atom. The van der Waals surface area contributed by atoms with E-state index in [-0.39, 0.29) is 5.91 Å². The average Bonchev–Trinajstić information content (AvgIpc) is 2.42. The Kier molecular flexibility index (Phi) is 4.66. The second-order valence-electron chi connectivity index (χ2n) is 5.40. The second-order valence-corrected chi connectivity index (χ2v) is 6.22. The van der Waals surface area contributed by atoms with Gasteiger partial charge in [0.05, 0.1) is 21.1 Å². The molecule has 1 aromatic carbocycles. The van der Waals surface area contributed by atoms with Gasteiger partial charge in [-0.05, 0) is 31.4 Å². The molecular weight excluding hydrogens is 292 g/mol. The van der Waals surface area contributed by atoms with Gasteiger partial charge >= 0.3 is 0 Å². The van der Waals surface area contributed by atoms with Gasteiger partial charge in [0, 0.05) is 0 Å². The summed E-state index contributed by atoms with van der Waals surface area (Å²) in [6.07, 6.45) is 4.82. The average molecular weight is 311 g/mol. The van der Waals surface area contributed by atoms with Crippen LogP contribution in [0, 0.1) is 6.92 Å². The molecule has 3 N–H and O–H groups in total. The summed E-state index contributed by atoms with van der Waals surface area (Å²) in [6, 6.07) is 5.42. The number of thiocarbonyl (C=S) groups is 1. The lowest BCUT2D eigenvalue weighted by molar-refractivity contribution is 0.0908. The molecule has 0 saturated heterocycles. The number of carbonyl (C=O) groups excluding carboxylic acids is 1. The Labute approximate surface area is 129 Å². The molecule has 3 nitrogen and oxygen atoms in total. The molecule has 0 radical (unpaired) electrons. The van der Waals surface area contributed by atoms with Crippen molar-refractivity contribution in [1.82, 2.24) is 5.32 Å². The SMILES string of the molecule is Cc1cccc(C(=O)NC2(C(N)=S)CCCCC2)c1Cl. The third-order valence-corrected chi connectivity index (χ3v) is 4.86. The molecule has 0 spiro atoms. The van der Waals surface area contributed by atoms with Crippen LogP contribution >= 0.6 is 23.8 Å². The van der Waals surface area contributed by atoms with E-state index in [2.05, 4.69) is 5.32 Å². The molecule has 108 valence electrons. The van der Waals surface area contributed by atoms with Crippen LogP contribution < -0.4 is 11.1 Å². The van der Waals surface area contributed by atoms with E-state index in [1.807, 2.05) is 19.1 Å². The van der Waals surface area contributed by atoms with Gasteiger partial charge in [-0.2, -0.15) is 0 Å². The van der Waals surface area contributed by atoms with Gasteiger partial charge in [0.15, 0.2) is 0 Å². The largest absolute Gasteiger partial charge is 0.391 e. The summed E-state index contributed by atoms with van der Waals surface area (Å²) in [4.78, 5) is 12.9. The first-order valence-corrected chi connectivity index (χ1v) is 7.62. The van der Waals surface area contributed by atoms with E-state index in [0.29, 0.717) is 15.6 Å². The molecule has 1 amide bonds.